The van der Waals surface area contributed by atoms with Crippen LogP contribution in [0.15, 0.2) is 24.4 Å². The van der Waals surface area contributed by atoms with E-state index in [9.17, 15) is 9.90 Å². The number of aliphatic hydroxyl groups is 1. The Balaban J connectivity index is 2.03. The molecule has 1 aromatic carbocycles. The number of anilines is 1. The number of aliphatic hydroxyl groups excluding tert-OH is 1. The standard InChI is InChI=1S/C12H12Cl2N4O2/c1-7(19)11-5-18(17-16-11)6-12(20)15-10-4-8(13)2-3-9(10)14/h2-5,7,19H,6H2,1H3,(H,15,20). The second-order valence-corrected chi connectivity index (χ2v) is 5.03. The molecule has 0 radical (unpaired) electrons. The summed E-state index contributed by atoms with van der Waals surface area (Å²) in [6.45, 7) is 1.53. The van der Waals surface area contributed by atoms with Crippen LogP contribution in [0, 0.1) is 0 Å². The molecular weight excluding hydrogens is 303 g/mol. The smallest absolute Gasteiger partial charge is 0.246 e. The Morgan fingerprint density at radius 1 is 1.50 bits per heavy atom. The number of hydrogen-bond acceptors (Lipinski definition) is 4. The van der Waals surface area contributed by atoms with Crippen molar-refractivity contribution in [3.63, 3.8) is 0 Å². The van der Waals surface area contributed by atoms with Gasteiger partial charge in [0.15, 0.2) is 0 Å². The van der Waals surface area contributed by atoms with Gasteiger partial charge in [0.1, 0.15) is 12.2 Å². The van der Waals surface area contributed by atoms with E-state index in [4.69, 9.17) is 23.2 Å². The van der Waals surface area contributed by atoms with E-state index >= 15 is 0 Å². The second kappa shape index (κ2) is 6.21. The molecule has 0 spiro atoms. The number of amides is 1. The molecule has 106 valence electrons. The summed E-state index contributed by atoms with van der Waals surface area (Å²) in [4.78, 5) is 11.9. The van der Waals surface area contributed by atoms with Crippen molar-refractivity contribution in [1.29, 1.82) is 0 Å². The van der Waals surface area contributed by atoms with E-state index in [1.165, 1.54) is 10.9 Å². The van der Waals surface area contributed by atoms with Crippen molar-refractivity contribution in [1.82, 2.24) is 15.0 Å². The molecular formula is C12H12Cl2N4O2. The summed E-state index contributed by atoms with van der Waals surface area (Å²) in [6.07, 6.45) is 0.776. The zero-order valence-corrected chi connectivity index (χ0v) is 12.1. The summed E-state index contributed by atoms with van der Waals surface area (Å²) >= 11 is 11.8. The molecule has 1 atom stereocenters. The summed E-state index contributed by atoms with van der Waals surface area (Å²) in [5.74, 6) is -0.323. The molecule has 1 heterocycles. The van der Waals surface area contributed by atoms with Crippen LogP contribution < -0.4 is 5.32 Å². The topological polar surface area (TPSA) is 80.0 Å². The normalized spacial score (nSPS) is 12.2. The third-order valence-corrected chi connectivity index (χ3v) is 3.06. The molecule has 0 saturated carbocycles. The molecule has 1 unspecified atom stereocenters. The van der Waals surface area contributed by atoms with Crippen LogP contribution in [0.25, 0.3) is 0 Å². The van der Waals surface area contributed by atoms with Gasteiger partial charge in [-0.2, -0.15) is 0 Å². The van der Waals surface area contributed by atoms with Crippen molar-refractivity contribution in [2.75, 3.05) is 5.32 Å². The van der Waals surface area contributed by atoms with E-state index in [1.807, 2.05) is 0 Å². The fraction of sp³-hybridized carbons (Fsp3) is 0.250. The number of nitrogens with zero attached hydrogens (tertiary/aromatic N) is 3. The number of benzene rings is 1. The average Bonchev–Trinajstić information content (AvgIpc) is 2.82. The summed E-state index contributed by atoms with van der Waals surface area (Å²) in [5.41, 5.74) is 0.832. The lowest BCUT2D eigenvalue weighted by molar-refractivity contribution is -0.116. The van der Waals surface area contributed by atoms with E-state index in [2.05, 4.69) is 15.6 Å². The second-order valence-electron chi connectivity index (χ2n) is 4.19. The quantitative estimate of drug-likeness (QED) is 0.907. The first-order valence-electron chi connectivity index (χ1n) is 5.78. The Hall–Kier alpha value is -1.63. The van der Waals surface area contributed by atoms with Gasteiger partial charge in [-0.25, -0.2) is 4.68 Å². The number of carbonyl (C=O) groups excluding carboxylic acids is 1. The molecule has 1 amide bonds. The van der Waals surface area contributed by atoms with Crippen LogP contribution in [0.4, 0.5) is 5.69 Å². The molecule has 6 nitrogen and oxygen atoms in total. The van der Waals surface area contributed by atoms with Gasteiger partial charge in [0.25, 0.3) is 0 Å². The Morgan fingerprint density at radius 3 is 2.90 bits per heavy atom. The van der Waals surface area contributed by atoms with E-state index in [-0.39, 0.29) is 12.5 Å². The zero-order valence-electron chi connectivity index (χ0n) is 10.5. The highest BCUT2D eigenvalue weighted by Gasteiger charge is 2.11. The minimum Gasteiger partial charge on any atom is -0.387 e. The van der Waals surface area contributed by atoms with Crippen molar-refractivity contribution in [3.05, 3.63) is 40.1 Å². The third-order valence-electron chi connectivity index (χ3n) is 2.49. The zero-order chi connectivity index (χ0) is 14.7. The molecule has 1 aromatic heterocycles. The lowest BCUT2D eigenvalue weighted by Gasteiger charge is -2.07. The minimum atomic E-state index is -0.728. The van der Waals surface area contributed by atoms with E-state index in [0.717, 1.165) is 0 Å². The summed E-state index contributed by atoms with van der Waals surface area (Å²) in [6, 6.07) is 4.79. The molecule has 8 heteroatoms. The molecule has 2 aromatic rings. The predicted molar refractivity (Wildman–Crippen MR) is 75.7 cm³/mol. The molecule has 0 aliphatic carbocycles. The van der Waals surface area contributed by atoms with Gasteiger partial charge in [-0.3, -0.25) is 4.79 Å². The predicted octanol–water partition coefficient (Wildman–Crippen LogP) is 2.28. The first-order valence-corrected chi connectivity index (χ1v) is 6.54. The number of hydrogen-bond donors (Lipinski definition) is 2. The number of aromatic nitrogens is 3. The number of rotatable bonds is 4. The van der Waals surface area contributed by atoms with Crippen molar-refractivity contribution >= 4 is 34.8 Å². The molecule has 2 rings (SSSR count). The molecule has 2 N–H and O–H groups in total. The molecule has 20 heavy (non-hydrogen) atoms. The Morgan fingerprint density at radius 2 is 2.25 bits per heavy atom. The first kappa shape index (κ1) is 14.8. The van der Waals surface area contributed by atoms with Crippen LogP contribution in [-0.2, 0) is 11.3 Å². The number of carbonyl (C=O) groups is 1. The fourth-order valence-electron chi connectivity index (χ4n) is 1.51. The Bertz CT molecular complexity index is 628. The van der Waals surface area contributed by atoms with Gasteiger partial charge in [0.2, 0.25) is 5.91 Å². The van der Waals surface area contributed by atoms with Crippen molar-refractivity contribution in [2.24, 2.45) is 0 Å². The highest BCUT2D eigenvalue weighted by molar-refractivity contribution is 6.35. The largest absolute Gasteiger partial charge is 0.387 e. The van der Waals surface area contributed by atoms with E-state index in [1.54, 1.807) is 25.1 Å². The van der Waals surface area contributed by atoms with Crippen LogP contribution in [0.1, 0.15) is 18.7 Å². The summed E-state index contributed by atoms with van der Waals surface area (Å²) < 4.78 is 1.33. The van der Waals surface area contributed by atoms with Gasteiger partial charge in [0.05, 0.1) is 23.0 Å². The van der Waals surface area contributed by atoms with Crippen LogP contribution in [-0.4, -0.2) is 26.0 Å². The first-order chi connectivity index (χ1) is 9.45. The fourth-order valence-corrected chi connectivity index (χ4v) is 1.85. The van der Waals surface area contributed by atoms with Crippen molar-refractivity contribution < 1.29 is 9.90 Å². The maximum absolute atomic E-state index is 11.9. The average molecular weight is 315 g/mol. The SMILES string of the molecule is CC(O)c1cn(CC(=O)Nc2cc(Cl)ccc2Cl)nn1. The van der Waals surface area contributed by atoms with Gasteiger partial charge in [-0.05, 0) is 25.1 Å². The van der Waals surface area contributed by atoms with Gasteiger partial charge < -0.3 is 10.4 Å². The molecule has 0 saturated heterocycles. The van der Waals surface area contributed by atoms with Crippen LogP contribution >= 0.6 is 23.2 Å². The van der Waals surface area contributed by atoms with E-state index in [0.29, 0.717) is 21.4 Å². The lowest BCUT2D eigenvalue weighted by Crippen LogP contribution is -2.19. The molecule has 0 aliphatic rings. The summed E-state index contributed by atoms with van der Waals surface area (Å²) in [5, 5.41) is 20.3. The monoisotopic (exact) mass is 314 g/mol. The molecule has 0 bridgehead atoms. The minimum absolute atomic E-state index is 0.0391. The molecule has 0 aliphatic heterocycles. The third kappa shape index (κ3) is 3.69. The highest BCUT2D eigenvalue weighted by Crippen LogP contribution is 2.25. The van der Waals surface area contributed by atoms with Gasteiger partial charge in [-0.1, -0.05) is 28.4 Å². The van der Waals surface area contributed by atoms with Crippen LogP contribution in [0.3, 0.4) is 0 Å². The van der Waals surface area contributed by atoms with Crippen molar-refractivity contribution in [2.45, 2.75) is 19.6 Å². The van der Waals surface area contributed by atoms with Gasteiger partial charge >= 0.3 is 0 Å². The lowest BCUT2D eigenvalue weighted by atomic mass is 10.3. The highest BCUT2D eigenvalue weighted by atomic mass is 35.5. The maximum Gasteiger partial charge on any atom is 0.246 e. The molecule has 0 fully saturated rings. The van der Waals surface area contributed by atoms with Crippen LogP contribution in [0.5, 0.6) is 0 Å². The van der Waals surface area contributed by atoms with Crippen molar-refractivity contribution in [3.8, 4) is 0 Å². The number of nitrogens with one attached hydrogen (secondary N) is 1. The Labute approximate surface area is 125 Å². The Kier molecular flexibility index (Phi) is 4.59. The van der Waals surface area contributed by atoms with Gasteiger partial charge in [0, 0.05) is 5.02 Å². The summed E-state index contributed by atoms with van der Waals surface area (Å²) in [7, 11) is 0. The maximum atomic E-state index is 11.9. The van der Waals surface area contributed by atoms with E-state index < -0.39 is 6.10 Å². The van der Waals surface area contributed by atoms with Gasteiger partial charge in [-0.15, -0.1) is 5.10 Å². The number of halogens is 2. The van der Waals surface area contributed by atoms with Crippen LogP contribution in [0.2, 0.25) is 10.0 Å².